The predicted octanol–water partition coefficient (Wildman–Crippen LogP) is 2.29. The summed E-state index contributed by atoms with van der Waals surface area (Å²) in [7, 11) is -3.17. The van der Waals surface area contributed by atoms with Crippen molar-refractivity contribution in [2.24, 2.45) is 0 Å². The van der Waals surface area contributed by atoms with E-state index in [1.165, 1.54) is 31.2 Å². The average molecular weight is 386 g/mol. The van der Waals surface area contributed by atoms with E-state index in [1.807, 2.05) is 6.07 Å². The van der Waals surface area contributed by atoms with E-state index in [9.17, 15) is 18.0 Å². The van der Waals surface area contributed by atoms with Crippen LogP contribution in [0.25, 0.3) is 0 Å². The fourth-order valence-corrected chi connectivity index (χ4v) is 3.04. The molecule has 0 aliphatic heterocycles. The lowest BCUT2D eigenvalue weighted by atomic mass is 10.1. The highest BCUT2D eigenvalue weighted by Crippen LogP contribution is 2.15. The second-order valence-corrected chi connectivity index (χ2v) is 8.10. The van der Waals surface area contributed by atoms with Gasteiger partial charge in [-0.2, -0.15) is 5.26 Å². The summed E-state index contributed by atoms with van der Waals surface area (Å²) in [6.45, 7) is 1.42. The highest BCUT2D eigenvalue weighted by Gasteiger charge is 2.20. The molecule has 0 spiro atoms. The Balaban J connectivity index is 2.00. The van der Waals surface area contributed by atoms with Crippen LogP contribution in [0.15, 0.2) is 48.5 Å². The van der Waals surface area contributed by atoms with Crippen LogP contribution in [0.4, 0.5) is 5.69 Å². The summed E-state index contributed by atoms with van der Waals surface area (Å²) < 4.78 is 27.7. The molecule has 0 bridgehead atoms. The minimum absolute atomic E-state index is 0.126. The Hall–Kier alpha value is -3.18. The van der Waals surface area contributed by atoms with Gasteiger partial charge in [0.1, 0.15) is 6.07 Å². The van der Waals surface area contributed by atoms with Gasteiger partial charge >= 0.3 is 5.97 Å². The van der Waals surface area contributed by atoms with Gasteiger partial charge in [-0.3, -0.25) is 4.79 Å². The van der Waals surface area contributed by atoms with Crippen LogP contribution >= 0.6 is 0 Å². The van der Waals surface area contributed by atoms with Crippen LogP contribution in [-0.2, 0) is 25.1 Å². The van der Waals surface area contributed by atoms with Crippen molar-refractivity contribution in [1.29, 1.82) is 5.26 Å². The Morgan fingerprint density at radius 1 is 1.15 bits per heavy atom. The number of sulfone groups is 1. The van der Waals surface area contributed by atoms with E-state index in [2.05, 4.69) is 5.32 Å². The summed E-state index contributed by atoms with van der Waals surface area (Å²) in [6, 6.07) is 14.4. The molecule has 0 aliphatic rings. The summed E-state index contributed by atoms with van der Waals surface area (Å²) in [5, 5.41) is 11.6. The largest absolute Gasteiger partial charge is 0.449 e. The molecule has 2 aromatic carbocycles. The first kappa shape index (κ1) is 20.1. The average Bonchev–Trinajstić information content (AvgIpc) is 2.61. The van der Waals surface area contributed by atoms with E-state index in [1.54, 1.807) is 24.3 Å². The topological polar surface area (TPSA) is 113 Å². The zero-order valence-electron chi connectivity index (χ0n) is 14.8. The SMILES string of the molecule is C[C@@H](OC(=O)c1ccc(CS(C)(=O)=O)cc1)C(=O)Nc1ccccc1C#N. The van der Waals surface area contributed by atoms with Crippen LogP contribution in [0.1, 0.15) is 28.4 Å². The molecule has 0 unspecified atom stereocenters. The third kappa shape index (κ3) is 5.94. The lowest BCUT2D eigenvalue weighted by Crippen LogP contribution is -2.30. The molecule has 0 saturated carbocycles. The van der Waals surface area contributed by atoms with Crippen LogP contribution in [0, 0.1) is 11.3 Å². The molecular weight excluding hydrogens is 368 g/mol. The van der Waals surface area contributed by atoms with Gasteiger partial charge in [-0.1, -0.05) is 24.3 Å². The summed E-state index contributed by atoms with van der Waals surface area (Å²) in [4.78, 5) is 24.4. The molecule has 1 amide bonds. The summed E-state index contributed by atoms with van der Waals surface area (Å²) in [5.41, 5.74) is 1.38. The van der Waals surface area contributed by atoms with Gasteiger partial charge in [0.25, 0.3) is 5.91 Å². The van der Waals surface area contributed by atoms with Gasteiger partial charge in [0.15, 0.2) is 15.9 Å². The minimum Gasteiger partial charge on any atom is -0.449 e. The van der Waals surface area contributed by atoms with Crippen LogP contribution in [0.5, 0.6) is 0 Å². The number of nitrogens with zero attached hydrogens (tertiary/aromatic N) is 1. The van der Waals surface area contributed by atoms with Gasteiger partial charge in [0.2, 0.25) is 0 Å². The number of carbonyl (C=O) groups excluding carboxylic acids is 2. The number of ether oxygens (including phenoxy) is 1. The van der Waals surface area contributed by atoms with Crippen LogP contribution < -0.4 is 5.32 Å². The lowest BCUT2D eigenvalue weighted by molar-refractivity contribution is -0.123. The van der Waals surface area contributed by atoms with E-state index in [-0.39, 0.29) is 11.3 Å². The molecule has 8 heteroatoms. The second-order valence-electron chi connectivity index (χ2n) is 5.96. The minimum atomic E-state index is -3.17. The third-order valence-corrected chi connectivity index (χ3v) is 4.43. The number of nitriles is 1. The van der Waals surface area contributed by atoms with Crippen LogP contribution in [0.3, 0.4) is 0 Å². The van der Waals surface area contributed by atoms with Gasteiger partial charge < -0.3 is 10.1 Å². The van der Waals surface area contributed by atoms with Crippen molar-refractivity contribution in [3.8, 4) is 6.07 Å². The molecule has 0 saturated heterocycles. The maximum Gasteiger partial charge on any atom is 0.338 e. The number of hydrogen-bond acceptors (Lipinski definition) is 6. The highest BCUT2D eigenvalue weighted by atomic mass is 32.2. The molecule has 1 N–H and O–H groups in total. The first-order valence-corrected chi connectivity index (χ1v) is 10.0. The molecule has 0 aromatic heterocycles. The van der Waals surface area contributed by atoms with Gasteiger partial charge in [0, 0.05) is 6.26 Å². The number of hydrogen-bond donors (Lipinski definition) is 1. The molecule has 1 atom stereocenters. The third-order valence-electron chi connectivity index (χ3n) is 3.58. The van der Waals surface area contributed by atoms with E-state index in [0.29, 0.717) is 16.8 Å². The van der Waals surface area contributed by atoms with Crippen molar-refractivity contribution in [1.82, 2.24) is 0 Å². The van der Waals surface area contributed by atoms with Crippen molar-refractivity contribution in [3.63, 3.8) is 0 Å². The fourth-order valence-electron chi connectivity index (χ4n) is 2.25. The zero-order chi connectivity index (χ0) is 20.0. The Kier molecular flexibility index (Phi) is 6.32. The molecule has 27 heavy (non-hydrogen) atoms. The number of amides is 1. The maximum atomic E-state index is 12.2. The van der Waals surface area contributed by atoms with E-state index < -0.39 is 27.8 Å². The zero-order valence-corrected chi connectivity index (χ0v) is 15.6. The number of benzene rings is 2. The van der Waals surface area contributed by atoms with Crippen molar-refractivity contribution in [2.45, 2.75) is 18.8 Å². The number of nitrogens with one attached hydrogen (secondary N) is 1. The fraction of sp³-hybridized carbons (Fsp3) is 0.211. The summed E-state index contributed by atoms with van der Waals surface area (Å²) in [6.07, 6.45) is 0.0415. The van der Waals surface area contributed by atoms with Gasteiger partial charge in [-0.15, -0.1) is 0 Å². The summed E-state index contributed by atoms with van der Waals surface area (Å²) in [5.74, 6) is -1.41. The Morgan fingerprint density at radius 3 is 2.37 bits per heavy atom. The monoisotopic (exact) mass is 386 g/mol. The molecule has 140 valence electrons. The quantitative estimate of drug-likeness (QED) is 0.762. The van der Waals surface area contributed by atoms with Gasteiger partial charge in [-0.25, -0.2) is 13.2 Å². The Labute approximate surface area is 157 Å². The first-order chi connectivity index (χ1) is 12.7. The molecule has 2 rings (SSSR count). The van der Waals surface area contributed by atoms with Crippen LogP contribution in [0.2, 0.25) is 0 Å². The molecule has 0 fully saturated rings. The Morgan fingerprint density at radius 2 is 1.78 bits per heavy atom. The van der Waals surface area contributed by atoms with Crippen molar-refractivity contribution in [3.05, 3.63) is 65.2 Å². The maximum absolute atomic E-state index is 12.2. The number of para-hydroxylation sites is 1. The molecule has 0 aliphatic carbocycles. The first-order valence-electron chi connectivity index (χ1n) is 7.97. The Bertz CT molecular complexity index is 992. The molecule has 0 heterocycles. The van der Waals surface area contributed by atoms with Crippen molar-refractivity contribution >= 4 is 27.4 Å². The van der Waals surface area contributed by atoms with Gasteiger partial charge in [-0.05, 0) is 36.8 Å². The molecule has 0 radical (unpaired) electrons. The number of carbonyl (C=O) groups is 2. The van der Waals surface area contributed by atoms with E-state index in [0.717, 1.165) is 6.26 Å². The lowest BCUT2D eigenvalue weighted by Gasteiger charge is -2.14. The number of esters is 1. The normalized spacial score (nSPS) is 11.9. The van der Waals surface area contributed by atoms with Crippen molar-refractivity contribution < 1.29 is 22.7 Å². The smallest absolute Gasteiger partial charge is 0.338 e. The highest BCUT2D eigenvalue weighted by molar-refractivity contribution is 7.89. The van der Waals surface area contributed by atoms with E-state index in [4.69, 9.17) is 10.00 Å². The van der Waals surface area contributed by atoms with Crippen molar-refractivity contribution in [2.75, 3.05) is 11.6 Å². The summed E-state index contributed by atoms with van der Waals surface area (Å²) >= 11 is 0. The molecular formula is C19H18N2O5S. The van der Waals surface area contributed by atoms with E-state index >= 15 is 0 Å². The molecule has 2 aromatic rings. The molecule has 7 nitrogen and oxygen atoms in total. The second kappa shape index (κ2) is 8.47. The number of rotatable bonds is 6. The van der Waals surface area contributed by atoms with Gasteiger partial charge in [0.05, 0.1) is 22.6 Å². The standard InChI is InChI=1S/C19H18N2O5S/c1-13(18(22)21-17-6-4-3-5-16(17)11-20)26-19(23)15-9-7-14(8-10-15)12-27(2,24)25/h3-10,13H,12H2,1-2H3,(H,21,22)/t13-/m1/s1. The predicted molar refractivity (Wildman–Crippen MR) is 99.7 cm³/mol. The van der Waals surface area contributed by atoms with Crippen LogP contribution in [-0.4, -0.2) is 32.7 Å². The number of anilines is 1.